The van der Waals surface area contributed by atoms with Crippen LogP contribution in [0.3, 0.4) is 0 Å². The van der Waals surface area contributed by atoms with Crippen LogP contribution in [0.5, 0.6) is 5.75 Å². The van der Waals surface area contributed by atoms with Crippen LogP contribution in [0.2, 0.25) is 0 Å². The first-order valence-corrected chi connectivity index (χ1v) is 12.5. The Kier molecular flexibility index (Phi) is 10.3. The summed E-state index contributed by atoms with van der Waals surface area (Å²) in [5.41, 5.74) is 4.36. The standard InChI is InChI=1S/C29H37FN2O/c1-3-5-6-7-8-9-10-11-23-12-14-25(15-13-23)29-31-20-26(21-32-29)24-16-18-28(19-17-24)33-22-27(30)4-2/h12-21,27H,3-11,22H2,1-2H3. The van der Waals surface area contributed by atoms with E-state index in [-0.39, 0.29) is 6.61 Å². The average molecular weight is 449 g/mol. The van der Waals surface area contributed by atoms with E-state index in [1.165, 1.54) is 50.5 Å². The van der Waals surface area contributed by atoms with Crippen LogP contribution in [0, 0.1) is 0 Å². The molecule has 1 heterocycles. The predicted molar refractivity (Wildman–Crippen MR) is 135 cm³/mol. The molecule has 0 bridgehead atoms. The quantitative estimate of drug-likeness (QED) is 0.233. The maximum Gasteiger partial charge on any atom is 0.159 e. The number of aryl methyl sites for hydroxylation is 1. The van der Waals surface area contributed by atoms with E-state index in [0.717, 1.165) is 28.9 Å². The molecule has 2 aromatic carbocycles. The van der Waals surface area contributed by atoms with Gasteiger partial charge in [-0.1, -0.05) is 88.8 Å². The minimum absolute atomic E-state index is 0.0888. The Morgan fingerprint density at radius 2 is 1.33 bits per heavy atom. The highest BCUT2D eigenvalue weighted by Gasteiger charge is 2.06. The Morgan fingerprint density at radius 3 is 1.97 bits per heavy atom. The second kappa shape index (κ2) is 13.7. The van der Waals surface area contributed by atoms with Crippen molar-refractivity contribution < 1.29 is 9.13 Å². The average Bonchev–Trinajstić information content (AvgIpc) is 2.87. The molecule has 3 rings (SSSR count). The number of halogens is 1. The summed E-state index contributed by atoms with van der Waals surface area (Å²) in [5, 5.41) is 0. The van der Waals surface area contributed by atoms with E-state index in [9.17, 15) is 4.39 Å². The first kappa shape index (κ1) is 24.9. The fraction of sp³-hybridized carbons (Fsp3) is 0.448. The molecule has 33 heavy (non-hydrogen) atoms. The summed E-state index contributed by atoms with van der Waals surface area (Å²) in [5.74, 6) is 1.40. The second-order valence-electron chi connectivity index (χ2n) is 8.70. The van der Waals surface area contributed by atoms with Gasteiger partial charge in [-0.25, -0.2) is 14.4 Å². The van der Waals surface area contributed by atoms with Crippen LogP contribution in [0.25, 0.3) is 22.5 Å². The minimum atomic E-state index is -0.931. The second-order valence-corrected chi connectivity index (χ2v) is 8.70. The molecule has 1 aromatic heterocycles. The van der Waals surface area contributed by atoms with E-state index in [1.54, 1.807) is 0 Å². The highest BCUT2D eigenvalue weighted by atomic mass is 19.1. The van der Waals surface area contributed by atoms with E-state index in [4.69, 9.17) is 4.74 Å². The summed E-state index contributed by atoms with van der Waals surface area (Å²) in [4.78, 5) is 9.13. The van der Waals surface area contributed by atoms with Gasteiger partial charge in [0, 0.05) is 23.5 Å². The van der Waals surface area contributed by atoms with Crippen LogP contribution in [0.15, 0.2) is 60.9 Å². The highest BCUT2D eigenvalue weighted by Crippen LogP contribution is 2.24. The topological polar surface area (TPSA) is 35.0 Å². The van der Waals surface area contributed by atoms with Crippen molar-refractivity contribution in [2.24, 2.45) is 0 Å². The first-order chi connectivity index (χ1) is 16.2. The molecule has 3 aromatic rings. The van der Waals surface area contributed by atoms with Crippen LogP contribution in [0.4, 0.5) is 4.39 Å². The van der Waals surface area contributed by atoms with Crippen LogP contribution >= 0.6 is 0 Å². The summed E-state index contributed by atoms with van der Waals surface area (Å²) in [6.45, 7) is 4.16. The lowest BCUT2D eigenvalue weighted by Crippen LogP contribution is -2.11. The number of hydrogen-bond acceptors (Lipinski definition) is 3. The van der Waals surface area contributed by atoms with Gasteiger partial charge in [0.15, 0.2) is 5.82 Å². The van der Waals surface area contributed by atoms with Crippen molar-refractivity contribution in [1.82, 2.24) is 9.97 Å². The lowest BCUT2D eigenvalue weighted by molar-refractivity contribution is 0.192. The lowest BCUT2D eigenvalue weighted by atomic mass is 10.0. The van der Waals surface area contributed by atoms with E-state index in [1.807, 2.05) is 43.6 Å². The van der Waals surface area contributed by atoms with Crippen molar-refractivity contribution in [1.29, 1.82) is 0 Å². The van der Waals surface area contributed by atoms with E-state index in [2.05, 4.69) is 41.2 Å². The van der Waals surface area contributed by atoms with Gasteiger partial charge >= 0.3 is 0 Å². The van der Waals surface area contributed by atoms with E-state index >= 15 is 0 Å². The molecule has 1 unspecified atom stereocenters. The van der Waals surface area contributed by atoms with Gasteiger partial charge in [-0.2, -0.15) is 0 Å². The molecule has 0 N–H and O–H groups in total. The van der Waals surface area contributed by atoms with Crippen LogP contribution < -0.4 is 4.74 Å². The van der Waals surface area contributed by atoms with Gasteiger partial charge in [-0.15, -0.1) is 0 Å². The number of hydrogen-bond donors (Lipinski definition) is 0. The Hall–Kier alpha value is -2.75. The fourth-order valence-electron chi connectivity index (χ4n) is 3.78. The Labute approximate surface area is 198 Å². The van der Waals surface area contributed by atoms with Crippen molar-refractivity contribution in [2.45, 2.75) is 77.8 Å². The number of aromatic nitrogens is 2. The zero-order valence-electron chi connectivity index (χ0n) is 20.1. The summed E-state index contributed by atoms with van der Waals surface area (Å²) in [6, 6.07) is 16.2. The predicted octanol–water partition coefficient (Wildman–Crippen LogP) is 8.23. The molecule has 0 spiro atoms. The smallest absolute Gasteiger partial charge is 0.159 e. The van der Waals surface area contributed by atoms with E-state index < -0.39 is 6.17 Å². The van der Waals surface area contributed by atoms with Gasteiger partial charge in [0.2, 0.25) is 0 Å². The van der Waals surface area contributed by atoms with Crippen LogP contribution in [-0.2, 0) is 6.42 Å². The molecule has 0 aliphatic rings. The monoisotopic (exact) mass is 448 g/mol. The molecule has 1 atom stereocenters. The molecule has 3 nitrogen and oxygen atoms in total. The van der Waals surface area contributed by atoms with E-state index in [0.29, 0.717) is 12.2 Å². The van der Waals surface area contributed by atoms with Crippen molar-refractivity contribution in [2.75, 3.05) is 6.61 Å². The minimum Gasteiger partial charge on any atom is -0.491 e. The molecular formula is C29H37FN2O. The summed E-state index contributed by atoms with van der Waals surface area (Å²) < 4.78 is 18.8. The SMILES string of the molecule is CCCCCCCCCc1ccc(-c2ncc(-c3ccc(OCC(F)CC)cc3)cn2)cc1. The van der Waals surface area contributed by atoms with Crippen molar-refractivity contribution in [3.8, 4) is 28.3 Å². The fourth-order valence-corrected chi connectivity index (χ4v) is 3.78. The number of rotatable bonds is 14. The number of benzene rings is 2. The molecular weight excluding hydrogens is 411 g/mol. The Bertz CT molecular complexity index is 923. The van der Waals surface area contributed by atoms with Crippen LogP contribution in [0.1, 0.15) is 70.8 Å². The molecule has 0 saturated heterocycles. The molecule has 0 saturated carbocycles. The number of unbranched alkanes of at least 4 members (excludes halogenated alkanes) is 6. The van der Waals surface area contributed by atoms with Crippen LogP contribution in [-0.4, -0.2) is 22.7 Å². The molecule has 4 heteroatoms. The maximum absolute atomic E-state index is 13.3. The number of ether oxygens (including phenoxy) is 1. The summed E-state index contributed by atoms with van der Waals surface area (Å²) in [7, 11) is 0. The Morgan fingerprint density at radius 1 is 0.727 bits per heavy atom. The third-order valence-electron chi connectivity index (χ3n) is 5.99. The van der Waals surface area contributed by atoms with Gasteiger partial charge in [-0.3, -0.25) is 0 Å². The van der Waals surface area contributed by atoms with Gasteiger partial charge in [0.25, 0.3) is 0 Å². The summed E-state index contributed by atoms with van der Waals surface area (Å²) >= 11 is 0. The molecule has 0 fully saturated rings. The van der Waals surface area contributed by atoms with Gasteiger partial charge in [-0.05, 0) is 42.5 Å². The molecule has 0 aliphatic carbocycles. The van der Waals surface area contributed by atoms with Crippen molar-refractivity contribution in [3.05, 3.63) is 66.5 Å². The largest absolute Gasteiger partial charge is 0.491 e. The molecule has 0 radical (unpaired) electrons. The molecule has 0 amide bonds. The summed E-state index contributed by atoms with van der Waals surface area (Å²) in [6.07, 6.45) is 13.7. The van der Waals surface area contributed by atoms with Gasteiger partial charge in [0.05, 0.1) is 0 Å². The third kappa shape index (κ3) is 8.27. The maximum atomic E-state index is 13.3. The zero-order valence-corrected chi connectivity index (χ0v) is 20.1. The third-order valence-corrected chi connectivity index (χ3v) is 5.99. The molecule has 176 valence electrons. The Balaban J connectivity index is 1.49. The van der Waals surface area contributed by atoms with Crippen molar-refractivity contribution in [3.63, 3.8) is 0 Å². The number of alkyl halides is 1. The van der Waals surface area contributed by atoms with Gasteiger partial charge < -0.3 is 4.74 Å². The highest BCUT2D eigenvalue weighted by molar-refractivity contribution is 5.64. The first-order valence-electron chi connectivity index (χ1n) is 12.5. The van der Waals surface area contributed by atoms with Gasteiger partial charge in [0.1, 0.15) is 18.5 Å². The normalized spacial score (nSPS) is 12.0. The molecule has 0 aliphatic heterocycles. The lowest BCUT2D eigenvalue weighted by Gasteiger charge is -2.09. The number of nitrogens with zero attached hydrogens (tertiary/aromatic N) is 2. The zero-order chi connectivity index (χ0) is 23.3. The van der Waals surface area contributed by atoms with Crippen molar-refractivity contribution >= 4 is 0 Å².